The Morgan fingerprint density at radius 3 is 2.67 bits per heavy atom. The van der Waals surface area contributed by atoms with E-state index in [4.69, 9.17) is 17.0 Å². The highest BCUT2D eigenvalue weighted by Crippen LogP contribution is 2.26. The van der Waals surface area contributed by atoms with Crippen molar-refractivity contribution in [2.45, 2.75) is 0 Å². The largest absolute Gasteiger partial charge is 0.495 e. The fraction of sp³-hybridized carbons (Fsp3) is 0.118. The molecule has 0 radical (unpaired) electrons. The van der Waals surface area contributed by atoms with Crippen molar-refractivity contribution in [3.8, 4) is 5.75 Å². The van der Waals surface area contributed by atoms with Gasteiger partial charge in [0.15, 0.2) is 4.80 Å². The number of nitrogens with zero attached hydrogens (tertiary/aromatic N) is 2. The van der Waals surface area contributed by atoms with Crippen molar-refractivity contribution in [1.82, 2.24) is 9.88 Å². The summed E-state index contributed by atoms with van der Waals surface area (Å²) in [6.45, 7) is 0. The van der Waals surface area contributed by atoms with Gasteiger partial charge in [0.25, 0.3) is 5.91 Å². The van der Waals surface area contributed by atoms with Gasteiger partial charge in [-0.2, -0.15) is 4.99 Å². The number of amides is 1. The maximum Gasteiger partial charge on any atom is 0.257 e. The van der Waals surface area contributed by atoms with Gasteiger partial charge in [0, 0.05) is 12.6 Å². The van der Waals surface area contributed by atoms with Crippen molar-refractivity contribution < 1.29 is 9.53 Å². The first-order valence-corrected chi connectivity index (χ1v) is 8.40. The molecule has 24 heavy (non-hydrogen) atoms. The van der Waals surface area contributed by atoms with E-state index in [1.165, 1.54) is 11.3 Å². The minimum absolute atomic E-state index is 0.130. The van der Waals surface area contributed by atoms with E-state index in [0.29, 0.717) is 10.4 Å². The van der Waals surface area contributed by atoms with Gasteiger partial charge in [-0.3, -0.25) is 10.1 Å². The van der Waals surface area contributed by atoms with Crippen LogP contribution >= 0.6 is 23.6 Å². The maximum atomic E-state index is 12.1. The third-order valence-corrected chi connectivity index (χ3v) is 4.75. The van der Waals surface area contributed by atoms with Gasteiger partial charge in [0.1, 0.15) is 11.3 Å². The summed E-state index contributed by atoms with van der Waals surface area (Å²) in [5, 5.41) is 2.76. The maximum absolute atomic E-state index is 12.1. The number of methoxy groups -OCH3 is 1. The fourth-order valence-electron chi connectivity index (χ4n) is 2.31. The smallest absolute Gasteiger partial charge is 0.257 e. The predicted octanol–water partition coefficient (Wildman–Crippen LogP) is 2.86. The van der Waals surface area contributed by atoms with Gasteiger partial charge in [0.2, 0.25) is 5.11 Å². The number of fused-ring (bicyclic) bond motifs is 1. The van der Waals surface area contributed by atoms with Gasteiger partial charge in [-0.05, 0) is 36.5 Å². The first-order chi connectivity index (χ1) is 11.6. The van der Waals surface area contributed by atoms with Crippen LogP contribution in [0.3, 0.4) is 0 Å². The number of ether oxygens (including phenoxy) is 1. The number of rotatable bonds is 2. The van der Waals surface area contributed by atoms with Crippen molar-refractivity contribution in [2.24, 2.45) is 12.0 Å². The van der Waals surface area contributed by atoms with E-state index in [-0.39, 0.29) is 11.0 Å². The molecule has 0 spiro atoms. The first kappa shape index (κ1) is 16.4. The zero-order valence-electron chi connectivity index (χ0n) is 13.1. The molecule has 1 N–H and O–H groups in total. The molecule has 0 aliphatic heterocycles. The molecule has 7 heteroatoms. The number of nitrogens with one attached hydrogen (secondary N) is 1. The van der Waals surface area contributed by atoms with Crippen LogP contribution in [0.15, 0.2) is 53.5 Å². The third-order valence-electron chi connectivity index (χ3n) is 3.46. The molecule has 1 amide bonds. The van der Waals surface area contributed by atoms with Crippen molar-refractivity contribution in [3.05, 3.63) is 58.9 Å². The van der Waals surface area contributed by atoms with E-state index in [2.05, 4.69) is 10.3 Å². The van der Waals surface area contributed by atoms with Crippen molar-refractivity contribution in [3.63, 3.8) is 0 Å². The van der Waals surface area contributed by atoms with Crippen LogP contribution in [-0.4, -0.2) is 22.7 Å². The molecule has 122 valence electrons. The Balaban J connectivity index is 1.91. The van der Waals surface area contributed by atoms with E-state index in [1.807, 2.05) is 35.9 Å². The quantitative estimate of drug-likeness (QED) is 0.718. The molecule has 0 saturated carbocycles. The fourth-order valence-corrected chi connectivity index (χ4v) is 3.59. The summed E-state index contributed by atoms with van der Waals surface area (Å²) in [6.07, 6.45) is 0. The Morgan fingerprint density at radius 1 is 1.21 bits per heavy atom. The van der Waals surface area contributed by atoms with Gasteiger partial charge < -0.3 is 9.30 Å². The zero-order chi connectivity index (χ0) is 17.1. The highest BCUT2D eigenvalue weighted by molar-refractivity contribution is 7.80. The monoisotopic (exact) mass is 357 g/mol. The number of hydrogen-bond acceptors (Lipinski definition) is 4. The van der Waals surface area contributed by atoms with Crippen LogP contribution in [0.25, 0.3) is 10.2 Å². The molecule has 3 aromatic rings. The van der Waals surface area contributed by atoms with E-state index in [9.17, 15) is 4.79 Å². The first-order valence-electron chi connectivity index (χ1n) is 7.18. The van der Waals surface area contributed by atoms with E-state index >= 15 is 0 Å². The molecule has 0 bridgehead atoms. The number of para-hydroxylation sites is 1. The second-order valence-corrected chi connectivity index (χ2v) is 6.38. The molecule has 2 aromatic carbocycles. The van der Waals surface area contributed by atoms with Crippen LogP contribution in [0.1, 0.15) is 10.4 Å². The highest BCUT2D eigenvalue weighted by atomic mass is 32.1. The Kier molecular flexibility index (Phi) is 4.73. The lowest BCUT2D eigenvalue weighted by atomic mass is 10.2. The Hall–Kier alpha value is -2.51. The summed E-state index contributed by atoms with van der Waals surface area (Å²) in [5.74, 6) is 0.498. The number of thiazole rings is 1. The molecule has 5 nitrogen and oxygen atoms in total. The van der Waals surface area contributed by atoms with Gasteiger partial charge >= 0.3 is 0 Å². The van der Waals surface area contributed by atoms with E-state index in [0.717, 1.165) is 16.0 Å². The second kappa shape index (κ2) is 6.94. The van der Waals surface area contributed by atoms with Gasteiger partial charge in [-0.25, -0.2) is 0 Å². The van der Waals surface area contributed by atoms with Crippen LogP contribution in [0.2, 0.25) is 0 Å². The number of carbonyl (C=O) groups excluding carboxylic acids is 1. The highest BCUT2D eigenvalue weighted by Gasteiger charge is 2.10. The SMILES string of the molecule is COc1cccc2sc(=NC(=S)NC(=O)c3ccccc3)n(C)c12. The average molecular weight is 357 g/mol. The van der Waals surface area contributed by atoms with Crippen molar-refractivity contribution in [1.29, 1.82) is 0 Å². The summed E-state index contributed by atoms with van der Waals surface area (Å²) in [7, 11) is 3.52. The summed E-state index contributed by atoms with van der Waals surface area (Å²) < 4.78 is 8.33. The zero-order valence-corrected chi connectivity index (χ0v) is 14.8. The molecule has 0 atom stereocenters. The molecular formula is C17H15N3O2S2. The van der Waals surface area contributed by atoms with Gasteiger partial charge in [0.05, 0.1) is 11.8 Å². The van der Waals surface area contributed by atoms with Crippen molar-refractivity contribution >= 4 is 44.8 Å². The molecule has 3 rings (SSSR count). The second-order valence-electron chi connectivity index (χ2n) is 4.99. The van der Waals surface area contributed by atoms with E-state index in [1.54, 1.807) is 31.4 Å². The predicted molar refractivity (Wildman–Crippen MR) is 99.4 cm³/mol. The summed E-state index contributed by atoms with van der Waals surface area (Å²) in [5.41, 5.74) is 1.48. The average Bonchev–Trinajstić information content (AvgIpc) is 2.91. The molecule has 0 saturated heterocycles. The Bertz CT molecular complexity index is 974. The van der Waals surface area contributed by atoms with Gasteiger partial charge in [-0.15, -0.1) is 0 Å². The molecule has 0 aliphatic rings. The van der Waals surface area contributed by atoms with Gasteiger partial charge in [-0.1, -0.05) is 35.6 Å². The minimum Gasteiger partial charge on any atom is -0.495 e. The van der Waals surface area contributed by atoms with Crippen LogP contribution < -0.4 is 14.9 Å². The standard InChI is InChI=1S/C17H15N3O2S2/c1-20-14-12(22-2)9-6-10-13(14)24-17(20)19-16(23)18-15(21)11-7-4-3-5-8-11/h3-10H,1-2H3,(H,18,21,23). The third kappa shape index (κ3) is 3.22. The summed E-state index contributed by atoms with van der Waals surface area (Å²) >= 11 is 6.68. The van der Waals surface area contributed by atoms with Crippen LogP contribution in [-0.2, 0) is 7.05 Å². The molecule has 0 unspecified atom stereocenters. The number of hydrogen-bond donors (Lipinski definition) is 1. The number of carbonyl (C=O) groups is 1. The normalized spacial score (nSPS) is 11.5. The van der Waals surface area contributed by atoms with E-state index < -0.39 is 0 Å². The molecular weight excluding hydrogens is 342 g/mol. The lowest BCUT2D eigenvalue weighted by Crippen LogP contribution is -2.29. The molecule has 1 heterocycles. The van der Waals surface area contributed by atoms with Crippen LogP contribution in [0.4, 0.5) is 0 Å². The van der Waals surface area contributed by atoms with Crippen LogP contribution in [0, 0.1) is 0 Å². The van der Waals surface area contributed by atoms with Crippen LogP contribution in [0.5, 0.6) is 5.75 Å². The van der Waals surface area contributed by atoms with Crippen molar-refractivity contribution in [2.75, 3.05) is 7.11 Å². The lowest BCUT2D eigenvalue weighted by molar-refractivity contribution is 0.0977. The topological polar surface area (TPSA) is 55.6 Å². The molecule has 0 aliphatic carbocycles. The summed E-state index contributed by atoms with van der Waals surface area (Å²) in [6, 6.07) is 14.7. The summed E-state index contributed by atoms with van der Waals surface area (Å²) in [4.78, 5) is 17.2. The molecule has 1 aromatic heterocycles. The molecule has 0 fully saturated rings. The number of aryl methyl sites for hydroxylation is 1. The Labute approximate surface area is 148 Å². The Morgan fingerprint density at radius 2 is 1.96 bits per heavy atom. The number of thiocarbonyl (C=S) groups is 1. The number of aromatic nitrogens is 1. The minimum atomic E-state index is -0.273. The number of benzene rings is 2. The lowest BCUT2D eigenvalue weighted by Gasteiger charge is -2.04.